The van der Waals surface area contributed by atoms with Gasteiger partial charge in [0.05, 0.1) is 7.11 Å². The maximum Gasteiger partial charge on any atom is 0.194 e. The molecule has 0 aromatic heterocycles. The molecule has 102 valence electrons. The van der Waals surface area contributed by atoms with Crippen molar-refractivity contribution in [2.24, 2.45) is 0 Å². The molecule has 0 amide bonds. The van der Waals surface area contributed by atoms with Crippen molar-refractivity contribution in [3.63, 3.8) is 0 Å². The molecule has 0 N–H and O–H groups in total. The van der Waals surface area contributed by atoms with Gasteiger partial charge in [-0.2, -0.15) is 0 Å². The van der Waals surface area contributed by atoms with Crippen molar-refractivity contribution in [3.05, 3.63) is 64.7 Å². The van der Waals surface area contributed by atoms with Crippen LogP contribution >= 0.6 is 11.6 Å². The number of benzene rings is 2. The molecule has 0 unspecified atom stereocenters. The smallest absolute Gasteiger partial charge is 0.194 e. The molecule has 3 rings (SSSR count). The second-order valence-electron chi connectivity index (χ2n) is 4.62. The molecule has 1 aliphatic heterocycles. The lowest BCUT2D eigenvalue weighted by molar-refractivity contribution is 0.0953. The SMILES string of the molecule is COc1ccc(C(=O)[C@@H]2O[C@H]2c2ccc(Cl)cc2)cc1. The molecular weight excluding hydrogens is 276 g/mol. The zero-order valence-electron chi connectivity index (χ0n) is 10.9. The second-order valence-corrected chi connectivity index (χ2v) is 5.06. The van der Waals surface area contributed by atoms with E-state index in [1.807, 2.05) is 12.1 Å². The Labute approximate surface area is 122 Å². The lowest BCUT2D eigenvalue weighted by atomic mass is 10.0. The van der Waals surface area contributed by atoms with Gasteiger partial charge in [0, 0.05) is 10.6 Å². The summed E-state index contributed by atoms with van der Waals surface area (Å²) < 4.78 is 10.6. The molecule has 2 aromatic rings. The second kappa shape index (κ2) is 5.27. The molecule has 0 radical (unpaired) electrons. The van der Waals surface area contributed by atoms with Gasteiger partial charge in [0.1, 0.15) is 11.9 Å². The molecule has 2 atom stereocenters. The van der Waals surface area contributed by atoms with Gasteiger partial charge in [-0.3, -0.25) is 4.79 Å². The Bertz CT molecular complexity index is 619. The van der Waals surface area contributed by atoms with Gasteiger partial charge >= 0.3 is 0 Å². The largest absolute Gasteiger partial charge is 0.497 e. The Morgan fingerprint density at radius 2 is 1.75 bits per heavy atom. The van der Waals surface area contributed by atoms with E-state index >= 15 is 0 Å². The predicted molar refractivity (Wildman–Crippen MR) is 76.4 cm³/mol. The van der Waals surface area contributed by atoms with Crippen LogP contribution < -0.4 is 4.74 Å². The normalized spacial score (nSPS) is 20.5. The van der Waals surface area contributed by atoms with Crippen molar-refractivity contribution >= 4 is 17.4 Å². The summed E-state index contributed by atoms with van der Waals surface area (Å²) in [6.07, 6.45) is -0.563. The fraction of sp³-hybridized carbons (Fsp3) is 0.188. The van der Waals surface area contributed by atoms with E-state index in [4.69, 9.17) is 21.1 Å². The van der Waals surface area contributed by atoms with E-state index in [0.29, 0.717) is 10.6 Å². The highest BCUT2D eigenvalue weighted by Crippen LogP contribution is 2.40. The van der Waals surface area contributed by atoms with E-state index < -0.39 is 6.10 Å². The summed E-state index contributed by atoms with van der Waals surface area (Å²) in [4.78, 5) is 12.3. The number of halogens is 1. The molecule has 1 aliphatic rings. The molecule has 20 heavy (non-hydrogen) atoms. The minimum Gasteiger partial charge on any atom is -0.497 e. The first-order chi connectivity index (χ1) is 9.69. The highest BCUT2D eigenvalue weighted by Gasteiger charge is 2.46. The molecule has 0 bridgehead atoms. The maximum absolute atomic E-state index is 12.3. The van der Waals surface area contributed by atoms with Gasteiger partial charge in [-0.25, -0.2) is 0 Å². The first kappa shape index (κ1) is 13.2. The number of ether oxygens (including phenoxy) is 2. The number of Topliss-reactive ketones (excluding diaryl/α,β-unsaturated/α-hetero) is 1. The number of ketones is 1. The number of carbonyl (C=O) groups is 1. The zero-order chi connectivity index (χ0) is 14.1. The van der Waals surface area contributed by atoms with Crippen LogP contribution in [-0.2, 0) is 4.74 Å². The van der Waals surface area contributed by atoms with E-state index in [1.165, 1.54) is 0 Å². The summed E-state index contributed by atoms with van der Waals surface area (Å²) in [5.41, 5.74) is 1.61. The molecular formula is C16H13ClO3. The summed E-state index contributed by atoms with van der Waals surface area (Å²) in [5, 5.41) is 0.674. The molecule has 1 fully saturated rings. The van der Waals surface area contributed by atoms with Crippen LogP contribution in [0.25, 0.3) is 0 Å². The highest BCUT2D eigenvalue weighted by molar-refractivity contribution is 6.30. The Hall–Kier alpha value is -1.84. The summed E-state index contributed by atoms with van der Waals surface area (Å²) in [6.45, 7) is 0. The van der Waals surface area contributed by atoms with Gasteiger partial charge in [-0.1, -0.05) is 23.7 Å². The van der Waals surface area contributed by atoms with Crippen LogP contribution in [0.4, 0.5) is 0 Å². The topological polar surface area (TPSA) is 38.8 Å². The number of methoxy groups -OCH3 is 1. The van der Waals surface area contributed by atoms with Gasteiger partial charge in [-0.15, -0.1) is 0 Å². The molecule has 0 spiro atoms. The Balaban J connectivity index is 1.71. The van der Waals surface area contributed by atoms with Gasteiger partial charge in [-0.05, 0) is 42.0 Å². The van der Waals surface area contributed by atoms with E-state index in [2.05, 4.69) is 0 Å². The fourth-order valence-electron chi connectivity index (χ4n) is 2.14. The van der Waals surface area contributed by atoms with Gasteiger partial charge in [0.15, 0.2) is 11.9 Å². The molecule has 0 aliphatic carbocycles. The summed E-state index contributed by atoms with van der Waals surface area (Å²) in [6, 6.07) is 14.4. The number of hydrogen-bond acceptors (Lipinski definition) is 3. The van der Waals surface area contributed by atoms with Crippen molar-refractivity contribution in [1.82, 2.24) is 0 Å². The molecule has 2 aromatic carbocycles. The monoisotopic (exact) mass is 288 g/mol. The third-order valence-electron chi connectivity index (χ3n) is 3.32. The lowest BCUT2D eigenvalue weighted by Crippen LogP contribution is -2.08. The van der Waals surface area contributed by atoms with Crippen LogP contribution in [0.5, 0.6) is 5.75 Å². The minimum atomic E-state index is -0.399. The van der Waals surface area contributed by atoms with Crippen molar-refractivity contribution in [2.45, 2.75) is 12.2 Å². The van der Waals surface area contributed by atoms with Gasteiger partial charge < -0.3 is 9.47 Å². The van der Waals surface area contributed by atoms with Crippen LogP contribution in [-0.4, -0.2) is 19.0 Å². The van der Waals surface area contributed by atoms with Gasteiger partial charge in [0.25, 0.3) is 0 Å². The van der Waals surface area contributed by atoms with E-state index in [0.717, 1.165) is 11.3 Å². The third-order valence-corrected chi connectivity index (χ3v) is 3.58. The van der Waals surface area contributed by atoms with Crippen molar-refractivity contribution in [2.75, 3.05) is 7.11 Å². The number of rotatable bonds is 4. The Morgan fingerprint density at radius 3 is 2.35 bits per heavy atom. The predicted octanol–water partition coefficient (Wildman–Crippen LogP) is 3.67. The Morgan fingerprint density at radius 1 is 1.10 bits per heavy atom. The third kappa shape index (κ3) is 2.55. The molecule has 3 nitrogen and oxygen atoms in total. The standard InChI is InChI=1S/C16H13ClO3/c1-19-13-8-4-10(5-9-13)14(18)16-15(20-16)11-2-6-12(17)7-3-11/h2-9,15-16H,1H3/t15-,16-/m0/s1. The minimum absolute atomic E-state index is 0.00685. The van der Waals surface area contributed by atoms with E-state index in [-0.39, 0.29) is 11.9 Å². The van der Waals surface area contributed by atoms with Crippen LogP contribution in [0, 0.1) is 0 Å². The average Bonchev–Trinajstić information content (AvgIpc) is 3.28. The Kier molecular flexibility index (Phi) is 3.47. The van der Waals surface area contributed by atoms with Crippen molar-refractivity contribution < 1.29 is 14.3 Å². The number of epoxide rings is 1. The van der Waals surface area contributed by atoms with Crippen LogP contribution in [0.1, 0.15) is 22.0 Å². The van der Waals surface area contributed by atoms with Gasteiger partial charge in [0.2, 0.25) is 0 Å². The molecule has 1 heterocycles. The highest BCUT2D eigenvalue weighted by atomic mass is 35.5. The van der Waals surface area contributed by atoms with Crippen LogP contribution in [0.15, 0.2) is 48.5 Å². The molecule has 1 saturated heterocycles. The zero-order valence-corrected chi connectivity index (χ0v) is 11.6. The molecule has 0 saturated carbocycles. The maximum atomic E-state index is 12.3. The first-order valence-corrected chi connectivity index (χ1v) is 6.66. The number of carbonyl (C=O) groups excluding carboxylic acids is 1. The van der Waals surface area contributed by atoms with E-state index in [9.17, 15) is 4.79 Å². The van der Waals surface area contributed by atoms with E-state index in [1.54, 1.807) is 43.5 Å². The first-order valence-electron chi connectivity index (χ1n) is 6.28. The summed E-state index contributed by atoms with van der Waals surface area (Å²) in [7, 11) is 1.59. The lowest BCUT2D eigenvalue weighted by Gasteiger charge is -2.01. The van der Waals surface area contributed by atoms with Crippen LogP contribution in [0.2, 0.25) is 5.02 Å². The average molecular weight is 289 g/mol. The van der Waals surface area contributed by atoms with Crippen LogP contribution in [0.3, 0.4) is 0 Å². The summed E-state index contributed by atoms with van der Waals surface area (Å²) in [5.74, 6) is 0.722. The van der Waals surface area contributed by atoms with Crippen molar-refractivity contribution in [1.29, 1.82) is 0 Å². The summed E-state index contributed by atoms with van der Waals surface area (Å²) >= 11 is 5.84. The van der Waals surface area contributed by atoms with Crippen molar-refractivity contribution in [3.8, 4) is 5.75 Å². The number of hydrogen-bond donors (Lipinski definition) is 0. The molecule has 4 heteroatoms. The fourth-order valence-corrected chi connectivity index (χ4v) is 2.26. The quantitative estimate of drug-likeness (QED) is 0.636.